The largest absolute Gasteiger partial charge is 0.495 e. The molecule has 1 aromatic carbocycles. The minimum absolute atomic E-state index is 0.131. The Balaban J connectivity index is 2.27. The van der Waals surface area contributed by atoms with Crippen molar-refractivity contribution in [2.75, 3.05) is 21.3 Å². The highest BCUT2D eigenvalue weighted by atomic mass is 32.1. The molecule has 0 spiro atoms. The standard InChI is InChI=1S/C17H18N4O5S/c1-20-8-7-10(19-20)16(23)18-17-21(9-13(22)26-4)14-11(24-2)5-6-12(25-3)15(14)27-17/h5-8H,9H2,1-4H3. The second kappa shape index (κ2) is 7.62. The monoisotopic (exact) mass is 390 g/mol. The Hall–Kier alpha value is -3.14. The summed E-state index contributed by atoms with van der Waals surface area (Å²) in [5, 5.41) is 4.06. The number of ether oxygens (including phenoxy) is 3. The quantitative estimate of drug-likeness (QED) is 0.611. The Morgan fingerprint density at radius 1 is 1.15 bits per heavy atom. The van der Waals surface area contributed by atoms with Crippen molar-refractivity contribution >= 4 is 33.4 Å². The second-order valence-corrected chi connectivity index (χ2v) is 6.46. The predicted molar refractivity (Wildman–Crippen MR) is 98.0 cm³/mol. The number of carbonyl (C=O) groups is 2. The number of aromatic nitrogens is 3. The van der Waals surface area contributed by atoms with Crippen LogP contribution >= 0.6 is 11.3 Å². The second-order valence-electron chi connectivity index (χ2n) is 5.49. The topological polar surface area (TPSA) is 96.9 Å². The molecule has 0 aliphatic heterocycles. The van der Waals surface area contributed by atoms with Crippen LogP contribution in [0.2, 0.25) is 0 Å². The summed E-state index contributed by atoms with van der Waals surface area (Å²) in [6.45, 7) is -0.131. The minimum Gasteiger partial charge on any atom is -0.495 e. The predicted octanol–water partition coefficient (Wildman–Crippen LogP) is 1.37. The third-order valence-corrected chi connectivity index (χ3v) is 4.93. The van der Waals surface area contributed by atoms with Gasteiger partial charge in [-0.1, -0.05) is 11.3 Å². The molecule has 2 aromatic heterocycles. The van der Waals surface area contributed by atoms with Crippen LogP contribution in [-0.2, 0) is 23.1 Å². The normalized spacial score (nSPS) is 11.6. The van der Waals surface area contributed by atoms with Gasteiger partial charge < -0.3 is 18.8 Å². The molecule has 1 amide bonds. The van der Waals surface area contributed by atoms with Gasteiger partial charge in [0.15, 0.2) is 10.5 Å². The number of carbonyl (C=O) groups excluding carboxylic acids is 2. The molecule has 0 saturated heterocycles. The van der Waals surface area contributed by atoms with E-state index in [1.807, 2.05) is 0 Å². The summed E-state index contributed by atoms with van der Waals surface area (Å²) in [6, 6.07) is 5.06. The van der Waals surface area contributed by atoms with Crippen molar-refractivity contribution in [3.8, 4) is 11.5 Å². The lowest BCUT2D eigenvalue weighted by molar-refractivity contribution is -0.141. The van der Waals surface area contributed by atoms with Crippen molar-refractivity contribution in [3.05, 3.63) is 34.9 Å². The number of thiazole rings is 1. The molecule has 3 rings (SSSR count). The van der Waals surface area contributed by atoms with Crippen LogP contribution in [0.4, 0.5) is 0 Å². The molecule has 2 heterocycles. The zero-order valence-electron chi connectivity index (χ0n) is 15.3. The van der Waals surface area contributed by atoms with E-state index in [0.717, 1.165) is 0 Å². The van der Waals surface area contributed by atoms with Crippen LogP contribution in [0.3, 0.4) is 0 Å². The Morgan fingerprint density at radius 3 is 2.44 bits per heavy atom. The molecule has 0 aliphatic carbocycles. The number of amides is 1. The van der Waals surface area contributed by atoms with Crippen LogP contribution in [0.25, 0.3) is 10.2 Å². The summed E-state index contributed by atoms with van der Waals surface area (Å²) in [7, 11) is 6.08. The molecule has 0 atom stereocenters. The lowest BCUT2D eigenvalue weighted by atomic mass is 10.3. The van der Waals surface area contributed by atoms with Crippen LogP contribution in [-0.4, -0.2) is 47.6 Å². The summed E-state index contributed by atoms with van der Waals surface area (Å²) in [5.41, 5.74) is 0.804. The van der Waals surface area contributed by atoms with Gasteiger partial charge in [-0.05, 0) is 18.2 Å². The highest BCUT2D eigenvalue weighted by molar-refractivity contribution is 7.16. The first-order chi connectivity index (χ1) is 13.0. The van der Waals surface area contributed by atoms with E-state index >= 15 is 0 Å². The Labute approximate surface area is 158 Å². The highest BCUT2D eigenvalue weighted by Gasteiger charge is 2.19. The van der Waals surface area contributed by atoms with Crippen LogP contribution < -0.4 is 14.3 Å². The Kier molecular flexibility index (Phi) is 5.26. The van der Waals surface area contributed by atoms with Crippen molar-refractivity contribution in [2.45, 2.75) is 6.54 Å². The summed E-state index contributed by atoms with van der Waals surface area (Å²) in [4.78, 5) is 28.9. The number of rotatable bonds is 5. The van der Waals surface area contributed by atoms with Gasteiger partial charge in [-0.15, -0.1) is 0 Å². The third-order valence-electron chi connectivity index (χ3n) is 3.84. The number of aryl methyl sites for hydroxylation is 1. The van der Waals surface area contributed by atoms with Crippen molar-refractivity contribution in [2.24, 2.45) is 12.0 Å². The molecule has 3 aromatic rings. The summed E-state index contributed by atoms with van der Waals surface area (Å²) < 4.78 is 19.4. The van der Waals surface area contributed by atoms with Gasteiger partial charge in [-0.25, -0.2) is 0 Å². The van der Waals surface area contributed by atoms with E-state index in [4.69, 9.17) is 14.2 Å². The van der Waals surface area contributed by atoms with E-state index in [1.165, 1.54) is 30.2 Å². The van der Waals surface area contributed by atoms with E-state index in [-0.39, 0.29) is 12.2 Å². The Bertz CT molecular complexity index is 1080. The van der Waals surface area contributed by atoms with Gasteiger partial charge in [0.1, 0.15) is 28.3 Å². The fraction of sp³-hybridized carbons (Fsp3) is 0.294. The molecule has 0 saturated carbocycles. The number of nitrogens with zero attached hydrogens (tertiary/aromatic N) is 4. The molecule has 0 aliphatic rings. The maximum atomic E-state index is 12.5. The van der Waals surface area contributed by atoms with E-state index in [0.29, 0.717) is 26.5 Å². The summed E-state index contributed by atoms with van der Waals surface area (Å²) >= 11 is 1.22. The molecular formula is C17H18N4O5S. The van der Waals surface area contributed by atoms with Crippen LogP contribution in [0.15, 0.2) is 29.4 Å². The van der Waals surface area contributed by atoms with Crippen molar-refractivity contribution in [1.29, 1.82) is 0 Å². The molecule has 27 heavy (non-hydrogen) atoms. The van der Waals surface area contributed by atoms with Crippen molar-refractivity contribution < 1.29 is 23.8 Å². The van der Waals surface area contributed by atoms with Crippen molar-refractivity contribution in [3.63, 3.8) is 0 Å². The van der Waals surface area contributed by atoms with E-state index < -0.39 is 11.9 Å². The molecule has 0 radical (unpaired) electrons. The number of hydrogen-bond acceptors (Lipinski definition) is 7. The lowest BCUT2D eigenvalue weighted by Crippen LogP contribution is -2.22. The van der Waals surface area contributed by atoms with Crippen LogP contribution in [0, 0.1) is 0 Å². The number of methoxy groups -OCH3 is 3. The maximum absolute atomic E-state index is 12.5. The van der Waals surface area contributed by atoms with Gasteiger partial charge in [0.05, 0.1) is 21.3 Å². The molecule has 0 bridgehead atoms. The average Bonchev–Trinajstić information content (AvgIpc) is 3.25. The summed E-state index contributed by atoms with van der Waals surface area (Å²) in [6.07, 6.45) is 1.65. The summed E-state index contributed by atoms with van der Waals surface area (Å²) in [5.74, 6) is 0.115. The highest BCUT2D eigenvalue weighted by Crippen LogP contribution is 2.35. The third kappa shape index (κ3) is 3.56. The minimum atomic E-state index is -0.515. The van der Waals surface area contributed by atoms with E-state index in [9.17, 15) is 9.59 Å². The molecule has 10 heteroatoms. The zero-order chi connectivity index (χ0) is 19.6. The zero-order valence-corrected chi connectivity index (χ0v) is 16.1. The van der Waals surface area contributed by atoms with Crippen LogP contribution in [0.5, 0.6) is 11.5 Å². The fourth-order valence-corrected chi connectivity index (χ4v) is 3.69. The Morgan fingerprint density at radius 2 is 1.85 bits per heavy atom. The maximum Gasteiger partial charge on any atom is 0.325 e. The first-order valence-electron chi connectivity index (χ1n) is 7.88. The molecular weight excluding hydrogens is 372 g/mol. The number of hydrogen-bond donors (Lipinski definition) is 0. The van der Waals surface area contributed by atoms with Crippen molar-refractivity contribution in [1.82, 2.24) is 14.3 Å². The van der Waals surface area contributed by atoms with Crippen LogP contribution in [0.1, 0.15) is 10.5 Å². The van der Waals surface area contributed by atoms with Gasteiger partial charge in [-0.3, -0.25) is 14.3 Å². The molecule has 0 N–H and O–H groups in total. The molecule has 9 nitrogen and oxygen atoms in total. The van der Waals surface area contributed by atoms with Gasteiger partial charge in [0.2, 0.25) is 0 Å². The number of esters is 1. The van der Waals surface area contributed by atoms with Gasteiger partial charge >= 0.3 is 5.97 Å². The van der Waals surface area contributed by atoms with Gasteiger partial charge in [0, 0.05) is 13.2 Å². The van der Waals surface area contributed by atoms with Gasteiger partial charge in [-0.2, -0.15) is 10.1 Å². The fourth-order valence-electron chi connectivity index (χ4n) is 2.55. The number of benzene rings is 1. The first-order valence-corrected chi connectivity index (χ1v) is 8.70. The van der Waals surface area contributed by atoms with E-state index in [2.05, 4.69) is 10.1 Å². The number of fused-ring (bicyclic) bond motifs is 1. The smallest absolute Gasteiger partial charge is 0.325 e. The van der Waals surface area contributed by atoms with Gasteiger partial charge in [0.25, 0.3) is 5.91 Å². The SMILES string of the molecule is COC(=O)Cn1c(=NC(=O)c2ccn(C)n2)sc2c(OC)ccc(OC)c21. The molecule has 0 fully saturated rings. The van der Waals surface area contributed by atoms with E-state index in [1.54, 1.807) is 43.1 Å². The average molecular weight is 390 g/mol. The molecule has 142 valence electrons. The lowest BCUT2D eigenvalue weighted by Gasteiger charge is -2.09. The molecule has 0 unspecified atom stereocenters. The first kappa shape index (κ1) is 18.6.